The molecule has 0 aliphatic heterocycles. The van der Waals surface area contributed by atoms with Gasteiger partial charge in [-0.1, -0.05) is 18.2 Å². The molecule has 1 aromatic heterocycles. The minimum atomic E-state index is -0.319. The number of para-hydroxylation sites is 1. The number of fused-ring (bicyclic) bond motifs is 2. The Morgan fingerprint density at radius 2 is 2.05 bits per heavy atom. The second-order valence-electron chi connectivity index (χ2n) is 5.95. The molecule has 3 heteroatoms. The van der Waals surface area contributed by atoms with Crippen LogP contribution in [0.3, 0.4) is 0 Å². The fourth-order valence-corrected chi connectivity index (χ4v) is 2.73. The maximum atomic E-state index is 9.50. The molecule has 19 heavy (non-hydrogen) atoms. The molecule has 1 heterocycles. The standard InChI is InChI=1S/C16H20N2O/c1-16(2,10-19)18-15-11-6-3-4-8-13(11)17-14-9-5-7-12(14)15/h3-4,6,8,19H,5,7,9-10H2,1-2H3,(H,17,18). The van der Waals surface area contributed by atoms with Gasteiger partial charge in [0, 0.05) is 16.8 Å². The Morgan fingerprint density at radius 1 is 1.26 bits per heavy atom. The van der Waals surface area contributed by atoms with E-state index in [1.807, 2.05) is 26.0 Å². The summed E-state index contributed by atoms with van der Waals surface area (Å²) in [5.74, 6) is 0. The highest BCUT2D eigenvalue weighted by molar-refractivity contribution is 5.94. The Balaban J connectivity index is 2.20. The van der Waals surface area contributed by atoms with Gasteiger partial charge in [0.25, 0.3) is 0 Å². The van der Waals surface area contributed by atoms with Gasteiger partial charge in [-0.2, -0.15) is 0 Å². The maximum absolute atomic E-state index is 9.50. The first kappa shape index (κ1) is 12.4. The van der Waals surface area contributed by atoms with Crippen LogP contribution in [0.2, 0.25) is 0 Å². The highest BCUT2D eigenvalue weighted by Gasteiger charge is 2.24. The SMILES string of the molecule is CC(C)(CO)Nc1c2c(nc3ccccc13)CCC2. The van der Waals surface area contributed by atoms with Crippen molar-refractivity contribution in [1.82, 2.24) is 4.98 Å². The molecular formula is C16H20N2O. The number of hydrogen-bond donors (Lipinski definition) is 2. The van der Waals surface area contributed by atoms with Gasteiger partial charge in [0.2, 0.25) is 0 Å². The highest BCUT2D eigenvalue weighted by atomic mass is 16.3. The second-order valence-corrected chi connectivity index (χ2v) is 5.95. The van der Waals surface area contributed by atoms with Crippen molar-refractivity contribution in [2.24, 2.45) is 0 Å². The summed E-state index contributed by atoms with van der Waals surface area (Å²) in [6.45, 7) is 4.14. The quantitative estimate of drug-likeness (QED) is 0.887. The van der Waals surface area contributed by atoms with Crippen molar-refractivity contribution in [2.45, 2.75) is 38.6 Å². The zero-order valence-electron chi connectivity index (χ0n) is 11.5. The third kappa shape index (κ3) is 2.19. The summed E-state index contributed by atoms with van der Waals surface area (Å²) >= 11 is 0. The van der Waals surface area contributed by atoms with Crippen molar-refractivity contribution in [1.29, 1.82) is 0 Å². The summed E-state index contributed by atoms with van der Waals surface area (Å²) in [5.41, 5.74) is 4.44. The maximum Gasteiger partial charge on any atom is 0.0726 e. The van der Waals surface area contributed by atoms with E-state index in [-0.39, 0.29) is 12.1 Å². The van der Waals surface area contributed by atoms with E-state index in [9.17, 15) is 5.11 Å². The third-order valence-corrected chi connectivity index (χ3v) is 3.78. The molecule has 0 atom stereocenters. The van der Waals surface area contributed by atoms with E-state index in [1.54, 1.807) is 0 Å². The van der Waals surface area contributed by atoms with Gasteiger partial charge in [0.15, 0.2) is 0 Å². The van der Waals surface area contributed by atoms with E-state index in [1.165, 1.54) is 17.7 Å². The number of pyridine rings is 1. The van der Waals surface area contributed by atoms with Crippen molar-refractivity contribution in [3.8, 4) is 0 Å². The van der Waals surface area contributed by atoms with E-state index >= 15 is 0 Å². The third-order valence-electron chi connectivity index (χ3n) is 3.78. The van der Waals surface area contributed by atoms with Crippen LogP contribution in [0.25, 0.3) is 10.9 Å². The van der Waals surface area contributed by atoms with Crippen LogP contribution in [-0.4, -0.2) is 22.2 Å². The van der Waals surface area contributed by atoms with E-state index in [0.29, 0.717) is 0 Å². The van der Waals surface area contributed by atoms with Crippen LogP contribution >= 0.6 is 0 Å². The minimum Gasteiger partial charge on any atom is -0.394 e. The molecule has 0 saturated carbocycles. The van der Waals surface area contributed by atoms with Crippen molar-refractivity contribution in [3.63, 3.8) is 0 Å². The van der Waals surface area contributed by atoms with Gasteiger partial charge in [0.05, 0.1) is 17.7 Å². The Bertz CT molecular complexity index is 619. The average molecular weight is 256 g/mol. The summed E-state index contributed by atoms with van der Waals surface area (Å²) in [7, 11) is 0. The topological polar surface area (TPSA) is 45.1 Å². The number of nitrogens with zero attached hydrogens (tertiary/aromatic N) is 1. The minimum absolute atomic E-state index is 0.110. The van der Waals surface area contributed by atoms with Crippen LogP contribution in [0.5, 0.6) is 0 Å². The first-order valence-corrected chi connectivity index (χ1v) is 6.90. The molecule has 1 aliphatic carbocycles. The molecule has 100 valence electrons. The van der Waals surface area contributed by atoms with Gasteiger partial charge >= 0.3 is 0 Å². The lowest BCUT2D eigenvalue weighted by Gasteiger charge is -2.27. The number of aromatic nitrogens is 1. The Morgan fingerprint density at radius 3 is 2.84 bits per heavy atom. The molecule has 1 aliphatic rings. The Kier molecular flexibility index (Phi) is 2.94. The molecule has 1 aromatic carbocycles. The summed E-state index contributed by atoms with van der Waals surface area (Å²) in [6.07, 6.45) is 3.32. The van der Waals surface area contributed by atoms with Gasteiger partial charge in [-0.15, -0.1) is 0 Å². The van der Waals surface area contributed by atoms with Crippen molar-refractivity contribution in [2.75, 3.05) is 11.9 Å². The largest absolute Gasteiger partial charge is 0.394 e. The number of nitrogens with one attached hydrogen (secondary N) is 1. The molecule has 0 saturated heterocycles. The van der Waals surface area contributed by atoms with Crippen LogP contribution < -0.4 is 5.32 Å². The molecule has 0 radical (unpaired) electrons. The molecule has 0 fully saturated rings. The average Bonchev–Trinajstić information content (AvgIpc) is 2.86. The van der Waals surface area contributed by atoms with Crippen LogP contribution in [0.4, 0.5) is 5.69 Å². The van der Waals surface area contributed by atoms with Gasteiger partial charge < -0.3 is 10.4 Å². The number of hydrogen-bond acceptors (Lipinski definition) is 3. The normalized spacial score (nSPS) is 14.7. The molecule has 3 nitrogen and oxygen atoms in total. The van der Waals surface area contributed by atoms with Crippen molar-refractivity contribution < 1.29 is 5.11 Å². The van der Waals surface area contributed by atoms with Gasteiger partial charge in [-0.05, 0) is 44.7 Å². The molecule has 3 rings (SSSR count). The zero-order valence-corrected chi connectivity index (χ0v) is 11.5. The molecule has 0 amide bonds. The number of aliphatic hydroxyl groups excluding tert-OH is 1. The number of aryl methyl sites for hydroxylation is 1. The predicted molar refractivity (Wildman–Crippen MR) is 78.6 cm³/mol. The molecule has 0 spiro atoms. The fourth-order valence-electron chi connectivity index (χ4n) is 2.73. The van der Waals surface area contributed by atoms with Crippen molar-refractivity contribution >= 4 is 16.6 Å². The van der Waals surface area contributed by atoms with E-state index in [0.717, 1.165) is 29.4 Å². The summed E-state index contributed by atoms with van der Waals surface area (Å²) < 4.78 is 0. The van der Waals surface area contributed by atoms with Crippen molar-refractivity contribution in [3.05, 3.63) is 35.5 Å². The first-order chi connectivity index (χ1) is 9.11. The lowest BCUT2D eigenvalue weighted by molar-refractivity contribution is 0.234. The Labute approximate surface area is 113 Å². The predicted octanol–water partition coefficient (Wildman–Crippen LogP) is 2.91. The monoisotopic (exact) mass is 256 g/mol. The zero-order chi connectivity index (χ0) is 13.5. The number of rotatable bonds is 3. The van der Waals surface area contributed by atoms with Crippen LogP contribution in [-0.2, 0) is 12.8 Å². The fraction of sp³-hybridized carbons (Fsp3) is 0.438. The Hall–Kier alpha value is -1.61. The molecule has 2 aromatic rings. The van der Waals surface area contributed by atoms with Crippen LogP contribution in [0, 0.1) is 0 Å². The molecular weight excluding hydrogens is 236 g/mol. The number of anilines is 1. The van der Waals surface area contributed by atoms with Crippen LogP contribution in [0.15, 0.2) is 24.3 Å². The summed E-state index contributed by atoms with van der Waals surface area (Å²) in [4.78, 5) is 4.77. The second kappa shape index (κ2) is 4.49. The number of aliphatic hydroxyl groups is 1. The van der Waals surface area contributed by atoms with Crippen LogP contribution in [0.1, 0.15) is 31.5 Å². The van der Waals surface area contributed by atoms with Gasteiger partial charge in [0.1, 0.15) is 0 Å². The molecule has 2 N–H and O–H groups in total. The lowest BCUT2D eigenvalue weighted by atomic mass is 10.0. The smallest absolute Gasteiger partial charge is 0.0726 e. The molecule has 0 bridgehead atoms. The van der Waals surface area contributed by atoms with E-state index in [2.05, 4.69) is 17.4 Å². The van der Waals surface area contributed by atoms with Gasteiger partial charge in [-0.25, -0.2) is 0 Å². The lowest BCUT2D eigenvalue weighted by Crippen LogP contribution is -2.35. The number of benzene rings is 1. The molecule has 0 unspecified atom stereocenters. The summed E-state index contributed by atoms with van der Waals surface area (Å²) in [5, 5.41) is 14.2. The van der Waals surface area contributed by atoms with E-state index in [4.69, 9.17) is 4.98 Å². The first-order valence-electron chi connectivity index (χ1n) is 6.90. The van der Waals surface area contributed by atoms with Gasteiger partial charge in [-0.3, -0.25) is 4.98 Å². The van der Waals surface area contributed by atoms with E-state index < -0.39 is 0 Å². The highest BCUT2D eigenvalue weighted by Crippen LogP contribution is 2.35. The summed E-state index contributed by atoms with van der Waals surface area (Å²) in [6, 6.07) is 8.24.